The number of halogens is 2. The summed E-state index contributed by atoms with van der Waals surface area (Å²) in [4.78, 5) is 14.1. The van der Waals surface area contributed by atoms with Gasteiger partial charge in [0.1, 0.15) is 46.8 Å². The molecule has 12 heteroatoms. The lowest BCUT2D eigenvalue weighted by molar-refractivity contribution is 0.142. The number of benzene rings is 3. The van der Waals surface area contributed by atoms with Crippen molar-refractivity contribution >= 4 is 50.1 Å². The van der Waals surface area contributed by atoms with Gasteiger partial charge < -0.3 is 20.2 Å². The molecule has 0 saturated carbocycles. The average molecular weight is 600 g/mol. The highest BCUT2D eigenvalue weighted by atomic mass is 35.5. The van der Waals surface area contributed by atoms with Gasteiger partial charge in [0, 0.05) is 23.9 Å². The van der Waals surface area contributed by atoms with Crippen LogP contribution < -0.4 is 15.4 Å². The van der Waals surface area contributed by atoms with E-state index in [2.05, 4.69) is 25.8 Å². The lowest BCUT2D eigenvalue weighted by Crippen LogP contribution is -2.23. The third-order valence-electron chi connectivity index (χ3n) is 5.90. The van der Waals surface area contributed by atoms with E-state index in [0.29, 0.717) is 41.0 Å². The minimum Gasteiger partial charge on any atom is -0.487 e. The van der Waals surface area contributed by atoms with Gasteiger partial charge in [0.15, 0.2) is 0 Å². The summed E-state index contributed by atoms with van der Waals surface area (Å²) in [5.74, 6) is 0.895. The Labute approximate surface area is 243 Å². The second-order valence-corrected chi connectivity index (χ2v) is 12.0. The molecule has 0 aliphatic heterocycles. The zero-order valence-electron chi connectivity index (χ0n) is 22.5. The summed E-state index contributed by atoms with van der Waals surface area (Å²) in [5.41, 5.74) is 2.99. The van der Waals surface area contributed by atoms with Crippen LogP contribution in [0.5, 0.6) is 5.75 Å². The number of sulfone groups is 1. The van der Waals surface area contributed by atoms with Crippen molar-refractivity contribution in [3.63, 3.8) is 0 Å². The third kappa shape index (κ3) is 9.96. The fourth-order valence-corrected chi connectivity index (χ4v) is 4.57. The predicted molar refractivity (Wildman–Crippen MR) is 160 cm³/mol. The normalized spacial score (nSPS) is 11.7. The highest BCUT2D eigenvalue weighted by Gasteiger charge is 2.09. The first-order valence-electron chi connectivity index (χ1n) is 13.0. The number of anilines is 2. The monoisotopic (exact) mass is 599 g/mol. The standard InChI is InChI=1S/C29H31ClFN5O4S/c1-41(37,38)14-12-32-11-2-3-13-40-35-18-21-7-9-27-25(16-21)29(34-20-33-27)36-24-8-10-28(26(30)17-24)39-19-22-5-4-6-23(31)15-22/h4-10,15-18,20,32H,2-3,11-14,19H2,1H3,(H,33,34,36). The smallest absolute Gasteiger partial charge is 0.148 e. The van der Waals surface area contributed by atoms with Crippen molar-refractivity contribution in [3.05, 3.63) is 89.0 Å². The molecule has 4 aromatic rings. The highest BCUT2D eigenvalue weighted by Crippen LogP contribution is 2.31. The molecule has 1 heterocycles. The molecule has 0 atom stereocenters. The average Bonchev–Trinajstić information content (AvgIpc) is 2.93. The van der Waals surface area contributed by atoms with Crippen LogP contribution in [-0.4, -0.2) is 56.3 Å². The summed E-state index contributed by atoms with van der Waals surface area (Å²) in [6, 6.07) is 17.2. The summed E-state index contributed by atoms with van der Waals surface area (Å²) in [6.07, 6.45) is 5.98. The maximum atomic E-state index is 13.4. The molecule has 0 fully saturated rings. The number of rotatable bonds is 15. The van der Waals surface area contributed by atoms with Gasteiger partial charge in [-0.2, -0.15) is 0 Å². The summed E-state index contributed by atoms with van der Waals surface area (Å²) < 4.78 is 41.4. The van der Waals surface area contributed by atoms with Gasteiger partial charge >= 0.3 is 0 Å². The van der Waals surface area contributed by atoms with Crippen LogP contribution in [0.4, 0.5) is 15.9 Å². The quantitative estimate of drug-likeness (QED) is 0.104. The number of nitrogens with one attached hydrogen (secondary N) is 2. The van der Waals surface area contributed by atoms with Crippen molar-refractivity contribution < 1.29 is 22.4 Å². The molecule has 0 unspecified atom stereocenters. The Kier molecular flexibility index (Phi) is 10.8. The van der Waals surface area contributed by atoms with Gasteiger partial charge in [-0.15, -0.1) is 0 Å². The Balaban J connectivity index is 1.30. The van der Waals surface area contributed by atoms with E-state index in [0.717, 1.165) is 35.9 Å². The Morgan fingerprint density at radius 3 is 2.73 bits per heavy atom. The molecule has 0 aliphatic carbocycles. The van der Waals surface area contributed by atoms with E-state index >= 15 is 0 Å². The van der Waals surface area contributed by atoms with Gasteiger partial charge in [-0.25, -0.2) is 22.8 Å². The molecule has 4 rings (SSSR count). The topological polar surface area (TPSA) is 115 Å². The van der Waals surface area contributed by atoms with E-state index in [9.17, 15) is 12.8 Å². The highest BCUT2D eigenvalue weighted by molar-refractivity contribution is 7.90. The van der Waals surface area contributed by atoms with Crippen LogP contribution in [0.15, 0.2) is 72.1 Å². The van der Waals surface area contributed by atoms with Crippen molar-refractivity contribution in [1.82, 2.24) is 15.3 Å². The number of fused-ring (bicyclic) bond motifs is 1. The number of unbranched alkanes of at least 4 members (excludes halogenated alkanes) is 1. The van der Waals surface area contributed by atoms with E-state index in [4.69, 9.17) is 21.2 Å². The number of oxime groups is 1. The molecule has 3 aromatic carbocycles. The first-order chi connectivity index (χ1) is 19.8. The molecule has 41 heavy (non-hydrogen) atoms. The van der Waals surface area contributed by atoms with Gasteiger partial charge in [-0.1, -0.05) is 35.0 Å². The molecule has 216 valence electrons. The Hall–Kier alpha value is -3.80. The van der Waals surface area contributed by atoms with Crippen LogP contribution in [0.3, 0.4) is 0 Å². The molecular weight excluding hydrogens is 569 g/mol. The van der Waals surface area contributed by atoms with Crippen LogP contribution in [-0.2, 0) is 21.3 Å². The van der Waals surface area contributed by atoms with Gasteiger partial charge in [-0.05, 0) is 73.0 Å². The van der Waals surface area contributed by atoms with E-state index < -0.39 is 9.84 Å². The predicted octanol–water partition coefficient (Wildman–Crippen LogP) is 5.51. The lowest BCUT2D eigenvalue weighted by Gasteiger charge is -2.12. The summed E-state index contributed by atoms with van der Waals surface area (Å²) in [6.45, 7) is 1.82. The summed E-state index contributed by atoms with van der Waals surface area (Å²) in [7, 11) is -2.94. The van der Waals surface area contributed by atoms with Gasteiger partial charge in [0.25, 0.3) is 0 Å². The van der Waals surface area contributed by atoms with Crippen molar-refractivity contribution in [2.24, 2.45) is 5.16 Å². The number of aromatic nitrogens is 2. The summed E-state index contributed by atoms with van der Waals surface area (Å²) in [5, 5.41) is 11.6. The number of ether oxygens (including phenoxy) is 1. The largest absolute Gasteiger partial charge is 0.487 e. The maximum Gasteiger partial charge on any atom is 0.148 e. The number of hydrogen-bond acceptors (Lipinski definition) is 9. The maximum absolute atomic E-state index is 13.4. The summed E-state index contributed by atoms with van der Waals surface area (Å²) >= 11 is 6.45. The van der Waals surface area contributed by atoms with E-state index in [1.54, 1.807) is 30.5 Å². The van der Waals surface area contributed by atoms with Gasteiger partial charge in [0.2, 0.25) is 0 Å². The minimum absolute atomic E-state index is 0.135. The van der Waals surface area contributed by atoms with Gasteiger partial charge in [-0.3, -0.25) is 0 Å². The minimum atomic E-state index is -2.94. The van der Waals surface area contributed by atoms with Gasteiger partial charge in [0.05, 0.1) is 22.5 Å². The van der Waals surface area contributed by atoms with Crippen molar-refractivity contribution in [2.45, 2.75) is 19.4 Å². The number of nitrogens with zero attached hydrogens (tertiary/aromatic N) is 3. The molecule has 0 radical (unpaired) electrons. The third-order valence-corrected chi connectivity index (χ3v) is 7.14. The zero-order valence-corrected chi connectivity index (χ0v) is 24.1. The van der Waals surface area contributed by atoms with Crippen LogP contribution in [0.1, 0.15) is 24.0 Å². The molecule has 0 amide bonds. The van der Waals surface area contributed by atoms with Crippen LogP contribution >= 0.6 is 11.6 Å². The molecule has 1 aromatic heterocycles. The Bertz CT molecular complexity index is 1600. The Morgan fingerprint density at radius 1 is 1.05 bits per heavy atom. The van der Waals surface area contributed by atoms with E-state index in [1.165, 1.54) is 24.7 Å². The molecule has 2 N–H and O–H groups in total. The first-order valence-corrected chi connectivity index (χ1v) is 15.4. The fraction of sp³-hybridized carbons (Fsp3) is 0.276. The second-order valence-electron chi connectivity index (χ2n) is 9.34. The molecule has 9 nitrogen and oxygen atoms in total. The fourth-order valence-electron chi connectivity index (χ4n) is 3.82. The Morgan fingerprint density at radius 2 is 1.93 bits per heavy atom. The van der Waals surface area contributed by atoms with E-state index in [1.807, 2.05) is 24.3 Å². The van der Waals surface area contributed by atoms with Crippen LogP contribution in [0.25, 0.3) is 10.9 Å². The van der Waals surface area contributed by atoms with Crippen molar-refractivity contribution in [3.8, 4) is 5.75 Å². The SMILES string of the molecule is CS(=O)(=O)CCNCCCCON=Cc1ccc2ncnc(Nc3ccc(OCc4cccc(F)c4)c(Cl)c3)c2c1. The lowest BCUT2D eigenvalue weighted by atomic mass is 10.1. The van der Waals surface area contributed by atoms with E-state index in [-0.39, 0.29) is 18.2 Å². The molecule has 0 spiro atoms. The molecular formula is C29H31ClFN5O4S. The molecule has 0 aliphatic rings. The molecule has 0 bridgehead atoms. The second kappa shape index (κ2) is 14.7. The number of hydrogen-bond donors (Lipinski definition) is 2. The van der Waals surface area contributed by atoms with Crippen LogP contribution in [0.2, 0.25) is 5.02 Å². The van der Waals surface area contributed by atoms with Crippen LogP contribution in [0, 0.1) is 5.82 Å². The molecule has 0 saturated heterocycles. The zero-order chi connectivity index (χ0) is 29.1. The first kappa shape index (κ1) is 30.2. The van der Waals surface area contributed by atoms with Crippen molar-refractivity contribution in [1.29, 1.82) is 0 Å². The van der Waals surface area contributed by atoms with Crippen molar-refractivity contribution in [2.75, 3.05) is 37.0 Å².